The summed E-state index contributed by atoms with van der Waals surface area (Å²) in [6, 6.07) is 18.5. The molecule has 3 nitrogen and oxygen atoms in total. The van der Waals surface area contributed by atoms with Crippen LogP contribution >= 0.6 is 0 Å². The van der Waals surface area contributed by atoms with Crippen LogP contribution in [0, 0.1) is 6.92 Å². The van der Waals surface area contributed by atoms with E-state index in [0.717, 1.165) is 17.1 Å². The van der Waals surface area contributed by atoms with Gasteiger partial charge < -0.3 is 9.64 Å². The lowest BCUT2D eigenvalue weighted by Gasteiger charge is -2.30. The van der Waals surface area contributed by atoms with E-state index in [2.05, 4.69) is 41.1 Å². The molecular weight excluding hydrogens is 236 g/mol. The summed E-state index contributed by atoms with van der Waals surface area (Å²) in [5.41, 5.74) is 3.49. The van der Waals surface area contributed by atoms with Gasteiger partial charge >= 0.3 is 0 Å². The lowest BCUT2D eigenvalue weighted by atomic mass is 10.1. The van der Waals surface area contributed by atoms with E-state index in [-0.39, 0.29) is 0 Å². The van der Waals surface area contributed by atoms with Gasteiger partial charge in [-0.2, -0.15) is 0 Å². The van der Waals surface area contributed by atoms with Crippen molar-refractivity contribution in [3.8, 4) is 0 Å². The zero-order valence-electron chi connectivity index (χ0n) is 10.9. The summed E-state index contributed by atoms with van der Waals surface area (Å²) in [5.74, 6) is 0.982. The average Bonchev–Trinajstić information content (AvgIpc) is 2.49. The van der Waals surface area contributed by atoms with Crippen LogP contribution in [0.15, 0.2) is 59.6 Å². The van der Waals surface area contributed by atoms with Crippen molar-refractivity contribution in [2.45, 2.75) is 6.92 Å². The van der Waals surface area contributed by atoms with E-state index < -0.39 is 0 Å². The van der Waals surface area contributed by atoms with Gasteiger partial charge in [-0.25, -0.2) is 4.99 Å². The van der Waals surface area contributed by atoms with Crippen molar-refractivity contribution in [3.63, 3.8) is 0 Å². The molecule has 2 aromatic carbocycles. The SMILES string of the molecule is Cc1ccccc1C1=NCOCN1c1ccccc1. The first kappa shape index (κ1) is 11.9. The predicted molar refractivity (Wildman–Crippen MR) is 77.5 cm³/mol. The van der Waals surface area contributed by atoms with Gasteiger partial charge in [0, 0.05) is 11.3 Å². The first-order chi connectivity index (χ1) is 9.36. The number of nitrogens with zero attached hydrogens (tertiary/aromatic N) is 2. The molecule has 3 heteroatoms. The van der Waals surface area contributed by atoms with Gasteiger partial charge in [0.15, 0.2) is 0 Å². The summed E-state index contributed by atoms with van der Waals surface area (Å²) < 4.78 is 5.47. The molecule has 0 aliphatic carbocycles. The summed E-state index contributed by atoms with van der Waals surface area (Å²) in [6.45, 7) is 3.07. The van der Waals surface area contributed by atoms with E-state index in [1.807, 2.05) is 30.3 Å². The second kappa shape index (κ2) is 5.24. The van der Waals surface area contributed by atoms with E-state index in [1.54, 1.807) is 0 Å². The van der Waals surface area contributed by atoms with Crippen LogP contribution in [0.2, 0.25) is 0 Å². The van der Waals surface area contributed by atoms with Crippen LogP contribution < -0.4 is 4.90 Å². The molecule has 1 aliphatic heterocycles. The molecule has 0 saturated carbocycles. The molecule has 0 bridgehead atoms. The minimum Gasteiger partial charge on any atom is -0.339 e. The maximum absolute atomic E-state index is 5.47. The van der Waals surface area contributed by atoms with Gasteiger partial charge in [0.2, 0.25) is 0 Å². The molecular formula is C16H16N2O. The molecule has 1 aliphatic rings. The zero-order valence-corrected chi connectivity index (χ0v) is 10.9. The molecule has 0 saturated heterocycles. The first-order valence-corrected chi connectivity index (χ1v) is 6.37. The third-order valence-corrected chi connectivity index (χ3v) is 3.24. The second-order valence-corrected chi connectivity index (χ2v) is 4.52. The Morgan fingerprint density at radius 2 is 1.74 bits per heavy atom. The number of rotatable bonds is 2. The highest BCUT2D eigenvalue weighted by Crippen LogP contribution is 2.21. The summed E-state index contributed by atoms with van der Waals surface area (Å²) in [6.07, 6.45) is 0. The normalized spacial score (nSPS) is 15.2. The largest absolute Gasteiger partial charge is 0.339 e. The number of amidine groups is 1. The molecule has 0 fully saturated rings. The summed E-state index contributed by atoms with van der Waals surface area (Å²) in [7, 11) is 0. The van der Waals surface area contributed by atoms with Gasteiger partial charge in [-0.1, -0.05) is 42.5 Å². The smallest absolute Gasteiger partial charge is 0.142 e. The van der Waals surface area contributed by atoms with Crippen LogP contribution in [0.4, 0.5) is 5.69 Å². The van der Waals surface area contributed by atoms with E-state index >= 15 is 0 Å². The summed E-state index contributed by atoms with van der Waals surface area (Å²) in [4.78, 5) is 6.64. The molecule has 1 heterocycles. The third-order valence-electron chi connectivity index (χ3n) is 3.24. The average molecular weight is 252 g/mol. The number of para-hydroxylation sites is 1. The van der Waals surface area contributed by atoms with Gasteiger partial charge in [-0.3, -0.25) is 0 Å². The maximum atomic E-state index is 5.47. The molecule has 19 heavy (non-hydrogen) atoms. The Hall–Kier alpha value is -2.13. The number of benzene rings is 2. The van der Waals surface area contributed by atoms with Crippen molar-refractivity contribution >= 4 is 11.5 Å². The Labute approximate surface area is 113 Å². The zero-order chi connectivity index (χ0) is 13.1. The maximum Gasteiger partial charge on any atom is 0.142 e. The van der Waals surface area contributed by atoms with Crippen LogP contribution in [0.5, 0.6) is 0 Å². The highest BCUT2D eigenvalue weighted by molar-refractivity contribution is 6.10. The minimum absolute atomic E-state index is 0.424. The molecule has 96 valence electrons. The van der Waals surface area contributed by atoms with Gasteiger partial charge in [0.1, 0.15) is 19.3 Å². The van der Waals surface area contributed by atoms with Gasteiger partial charge in [-0.05, 0) is 24.6 Å². The number of aryl methyl sites for hydroxylation is 1. The number of ether oxygens (including phenoxy) is 1. The van der Waals surface area contributed by atoms with Crippen LogP contribution in [-0.4, -0.2) is 19.3 Å². The summed E-state index contributed by atoms with van der Waals surface area (Å²) >= 11 is 0. The van der Waals surface area contributed by atoms with Crippen molar-refractivity contribution in [2.75, 3.05) is 18.4 Å². The molecule has 0 atom stereocenters. The lowest BCUT2D eigenvalue weighted by Crippen LogP contribution is -2.38. The molecule has 0 unspecified atom stereocenters. The molecule has 0 amide bonds. The number of hydrogen-bond donors (Lipinski definition) is 0. The molecule has 0 N–H and O–H groups in total. The van der Waals surface area contributed by atoms with Gasteiger partial charge in [-0.15, -0.1) is 0 Å². The van der Waals surface area contributed by atoms with Crippen molar-refractivity contribution in [1.29, 1.82) is 0 Å². The molecule has 0 aromatic heterocycles. The predicted octanol–water partition coefficient (Wildman–Crippen LogP) is 3.19. The highest BCUT2D eigenvalue weighted by Gasteiger charge is 2.19. The van der Waals surface area contributed by atoms with Crippen LogP contribution in [0.3, 0.4) is 0 Å². The fourth-order valence-electron chi connectivity index (χ4n) is 2.24. The summed E-state index contributed by atoms with van der Waals surface area (Å²) in [5, 5.41) is 0. The highest BCUT2D eigenvalue weighted by atomic mass is 16.5. The molecule has 0 spiro atoms. The minimum atomic E-state index is 0.424. The van der Waals surface area contributed by atoms with Crippen LogP contribution in [0.25, 0.3) is 0 Å². The van der Waals surface area contributed by atoms with E-state index in [0.29, 0.717) is 13.5 Å². The van der Waals surface area contributed by atoms with Crippen molar-refractivity contribution in [1.82, 2.24) is 0 Å². The fraction of sp³-hybridized carbons (Fsp3) is 0.188. The molecule has 3 rings (SSSR count). The number of anilines is 1. The van der Waals surface area contributed by atoms with Gasteiger partial charge in [0.05, 0.1) is 0 Å². The Kier molecular flexibility index (Phi) is 3.29. The standard InChI is InChI=1S/C16H16N2O/c1-13-7-5-6-10-15(13)16-17-11-19-12-18(16)14-8-3-2-4-9-14/h2-10H,11-12H2,1H3. The number of aliphatic imine (C=N–C) groups is 1. The Morgan fingerprint density at radius 3 is 2.53 bits per heavy atom. The Balaban J connectivity index is 2.03. The van der Waals surface area contributed by atoms with E-state index in [9.17, 15) is 0 Å². The first-order valence-electron chi connectivity index (χ1n) is 6.37. The monoisotopic (exact) mass is 252 g/mol. The van der Waals surface area contributed by atoms with E-state index in [1.165, 1.54) is 5.56 Å². The van der Waals surface area contributed by atoms with Crippen molar-refractivity contribution < 1.29 is 4.74 Å². The molecule has 0 radical (unpaired) electrons. The van der Waals surface area contributed by atoms with E-state index in [4.69, 9.17) is 4.74 Å². The van der Waals surface area contributed by atoms with Crippen LogP contribution in [0.1, 0.15) is 11.1 Å². The van der Waals surface area contributed by atoms with Crippen molar-refractivity contribution in [3.05, 3.63) is 65.7 Å². The van der Waals surface area contributed by atoms with Crippen molar-refractivity contribution in [2.24, 2.45) is 4.99 Å². The Bertz CT molecular complexity index is 593. The molecule has 2 aromatic rings. The number of hydrogen-bond acceptors (Lipinski definition) is 3. The quantitative estimate of drug-likeness (QED) is 0.820. The van der Waals surface area contributed by atoms with Gasteiger partial charge in [0.25, 0.3) is 0 Å². The van der Waals surface area contributed by atoms with Crippen LogP contribution in [-0.2, 0) is 4.74 Å². The Morgan fingerprint density at radius 1 is 1.00 bits per heavy atom. The fourth-order valence-corrected chi connectivity index (χ4v) is 2.24. The second-order valence-electron chi connectivity index (χ2n) is 4.52. The lowest BCUT2D eigenvalue weighted by molar-refractivity contribution is 0.141. The topological polar surface area (TPSA) is 24.8 Å². The third kappa shape index (κ3) is 2.37.